The van der Waals surface area contributed by atoms with Gasteiger partial charge in [0.1, 0.15) is 0 Å². The summed E-state index contributed by atoms with van der Waals surface area (Å²) in [6, 6.07) is 15.6. The first-order valence-electron chi connectivity index (χ1n) is 7.27. The van der Waals surface area contributed by atoms with Crippen molar-refractivity contribution in [1.29, 1.82) is 0 Å². The zero-order valence-corrected chi connectivity index (χ0v) is 14.0. The zero-order chi connectivity index (χ0) is 14.5. The minimum absolute atomic E-state index is 0.312. The van der Waals surface area contributed by atoms with Gasteiger partial charge in [0.05, 0.1) is 0 Å². The van der Waals surface area contributed by atoms with Gasteiger partial charge in [0.15, 0.2) is 0 Å². The molecule has 2 rings (SSSR count). The number of anilines is 1. The average Bonchev–Trinajstić information content (AvgIpc) is 2.49. The molecule has 0 aliphatic carbocycles. The molecule has 0 bridgehead atoms. The van der Waals surface area contributed by atoms with Crippen molar-refractivity contribution in [2.45, 2.75) is 39.7 Å². The van der Waals surface area contributed by atoms with Crippen LogP contribution in [0.5, 0.6) is 0 Å². The second-order valence-corrected chi connectivity index (χ2v) is 6.03. The Morgan fingerprint density at radius 1 is 1.00 bits per heavy atom. The van der Waals surface area contributed by atoms with Gasteiger partial charge in [-0.1, -0.05) is 54.0 Å². The quantitative estimate of drug-likeness (QED) is 0.735. The Bertz CT molecular complexity index is 560. The normalized spacial score (nSPS) is 12.2. The van der Waals surface area contributed by atoms with Crippen LogP contribution in [0.4, 0.5) is 5.69 Å². The summed E-state index contributed by atoms with van der Waals surface area (Å²) in [6.07, 6.45) is 2.12. The lowest BCUT2D eigenvalue weighted by molar-refractivity contribution is 0.877. The average molecular weight is 332 g/mol. The fraction of sp³-hybridized carbons (Fsp3) is 0.333. The van der Waals surface area contributed by atoms with Crippen molar-refractivity contribution in [2.75, 3.05) is 5.32 Å². The Kier molecular flexibility index (Phi) is 5.24. The molecular formula is C18H22BrN. The second-order valence-electron chi connectivity index (χ2n) is 5.12. The molecule has 0 aliphatic rings. The molecule has 106 valence electrons. The summed E-state index contributed by atoms with van der Waals surface area (Å²) >= 11 is 3.54. The fourth-order valence-corrected chi connectivity index (χ4v) is 2.76. The zero-order valence-electron chi connectivity index (χ0n) is 12.4. The van der Waals surface area contributed by atoms with E-state index in [4.69, 9.17) is 0 Å². The van der Waals surface area contributed by atoms with Crippen molar-refractivity contribution in [3.05, 3.63) is 63.6 Å². The topological polar surface area (TPSA) is 12.0 Å². The van der Waals surface area contributed by atoms with E-state index in [1.54, 1.807) is 0 Å². The summed E-state index contributed by atoms with van der Waals surface area (Å²) in [6.45, 7) is 6.59. The van der Waals surface area contributed by atoms with E-state index < -0.39 is 0 Å². The SMILES string of the molecule is CCc1ccc(C(C)Nc2ccc(Br)cc2CC)cc1. The molecule has 20 heavy (non-hydrogen) atoms. The Morgan fingerprint density at radius 3 is 2.30 bits per heavy atom. The van der Waals surface area contributed by atoms with Crippen molar-refractivity contribution in [1.82, 2.24) is 0 Å². The Balaban J connectivity index is 2.16. The third-order valence-electron chi connectivity index (χ3n) is 3.71. The number of benzene rings is 2. The first-order chi connectivity index (χ1) is 9.63. The predicted molar refractivity (Wildman–Crippen MR) is 91.4 cm³/mol. The van der Waals surface area contributed by atoms with Gasteiger partial charge in [-0.25, -0.2) is 0 Å². The molecule has 2 aromatic rings. The molecule has 0 spiro atoms. The maximum absolute atomic E-state index is 3.62. The highest BCUT2D eigenvalue weighted by Crippen LogP contribution is 2.26. The van der Waals surface area contributed by atoms with E-state index in [0.29, 0.717) is 6.04 Å². The predicted octanol–water partition coefficient (Wildman–Crippen LogP) is 5.75. The standard InChI is InChI=1S/C18H22BrN/c1-4-14-6-8-16(9-7-14)13(3)20-18-11-10-17(19)12-15(18)5-2/h6-13,20H,4-5H2,1-3H3. The highest BCUT2D eigenvalue weighted by atomic mass is 79.9. The maximum Gasteiger partial charge on any atom is 0.0485 e. The molecule has 0 aliphatic heterocycles. The van der Waals surface area contributed by atoms with Crippen molar-refractivity contribution in [2.24, 2.45) is 0 Å². The number of hydrogen-bond donors (Lipinski definition) is 1. The van der Waals surface area contributed by atoms with Gasteiger partial charge in [-0.3, -0.25) is 0 Å². The first-order valence-corrected chi connectivity index (χ1v) is 8.07. The molecule has 2 aromatic carbocycles. The fourth-order valence-electron chi connectivity index (χ4n) is 2.35. The van der Waals surface area contributed by atoms with E-state index >= 15 is 0 Å². The van der Waals surface area contributed by atoms with Crippen LogP contribution < -0.4 is 5.32 Å². The molecule has 0 radical (unpaired) electrons. The van der Waals surface area contributed by atoms with Crippen LogP contribution in [-0.4, -0.2) is 0 Å². The van der Waals surface area contributed by atoms with E-state index in [1.165, 1.54) is 22.4 Å². The van der Waals surface area contributed by atoms with E-state index in [1.807, 2.05) is 0 Å². The summed E-state index contributed by atoms with van der Waals surface area (Å²) in [4.78, 5) is 0. The minimum Gasteiger partial charge on any atom is -0.378 e. The molecule has 0 aromatic heterocycles. The van der Waals surface area contributed by atoms with Gasteiger partial charge in [-0.05, 0) is 54.7 Å². The van der Waals surface area contributed by atoms with Crippen molar-refractivity contribution >= 4 is 21.6 Å². The lowest BCUT2D eigenvalue weighted by Crippen LogP contribution is -2.08. The molecule has 2 heteroatoms. The molecule has 0 heterocycles. The summed E-state index contributed by atoms with van der Waals surface area (Å²) in [5.74, 6) is 0. The van der Waals surface area contributed by atoms with Gasteiger partial charge in [-0.2, -0.15) is 0 Å². The lowest BCUT2D eigenvalue weighted by Gasteiger charge is -2.19. The van der Waals surface area contributed by atoms with Crippen LogP contribution in [0.25, 0.3) is 0 Å². The molecule has 0 fully saturated rings. The lowest BCUT2D eigenvalue weighted by atomic mass is 10.0. The Hall–Kier alpha value is -1.28. The highest BCUT2D eigenvalue weighted by molar-refractivity contribution is 9.10. The van der Waals surface area contributed by atoms with Crippen molar-refractivity contribution in [3.63, 3.8) is 0 Å². The van der Waals surface area contributed by atoms with Crippen LogP contribution in [0, 0.1) is 0 Å². The summed E-state index contributed by atoms with van der Waals surface area (Å²) in [5.41, 5.74) is 5.28. The summed E-state index contributed by atoms with van der Waals surface area (Å²) in [5, 5.41) is 3.62. The third kappa shape index (κ3) is 3.63. The van der Waals surface area contributed by atoms with Crippen molar-refractivity contribution in [3.8, 4) is 0 Å². The van der Waals surface area contributed by atoms with Gasteiger partial charge in [0.25, 0.3) is 0 Å². The van der Waals surface area contributed by atoms with Gasteiger partial charge in [-0.15, -0.1) is 0 Å². The smallest absolute Gasteiger partial charge is 0.0485 e. The number of hydrogen-bond acceptors (Lipinski definition) is 1. The number of rotatable bonds is 5. The molecule has 1 unspecified atom stereocenters. The van der Waals surface area contributed by atoms with Crippen LogP contribution >= 0.6 is 15.9 Å². The van der Waals surface area contributed by atoms with E-state index in [-0.39, 0.29) is 0 Å². The minimum atomic E-state index is 0.312. The molecule has 0 saturated carbocycles. The van der Waals surface area contributed by atoms with Gasteiger partial charge in [0, 0.05) is 16.2 Å². The Labute approximate surface area is 130 Å². The molecule has 0 saturated heterocycles. The van der Waals surface area contributed by atoms with Crippen LogP contribution in [0.2, 0.25) is 0 Å². The van der Waals surface area contributed by atoms with Crippen LogP contribution in [0.3, 0.4) is 0 Å². The van der Waals surface area contributed by atoms with Crippen LogP contribution in [-0.2, 0) is 12.8 Å². The molecule has 1 nitrogen and oxygen atoms in total. The third-order valence-corrected chi connectivity index (χ3v) is 4.20. The molecule has 0 amide bonds. The number of nitrogens with one attached hydrogen (secondary N) is 1. The number of halogens is 1. The van der Waals surface area contributed by atoms with Gasteiger partial charge < -0.3 is 5.32 Å². The molecule has 1 N–H and O–H groups in total. The first kappa shape index (κ1) is 15.1. The largest absolute Gasteiger partial charge is 0.378 e. The molecule has 1 atom stereocenters. The van der Waals surface area contributed by atoms with E-state index in [0.717, 1.165) is 17.3 Å². The van der Waals surface area contributed by atoms with E-state index in [2.05, 4.69) is 84.5 Å². The maximum atomic E-state index is 3.62. The highest BCUT2D eigenvalue weighted by Gasteiger charge is 2.08. The van der Waals surface area contributed by atoms with Gasteiger partial charge >= 0.3 is 0 Å². The summed E-state index contributed by atoms with van der Waals surface area (Å²) < 4.78 is 1.14. The van der Waals surface area contributed by atoms with E-state index in [9.17, 15) is 0 Å². The summed E-state index contributed by atoms with van der Waals surface area (Å²) in [7, 11) is 0. The Morgan fingerprint density at radius 2 is 1.70 bits per heavy atom. The monoisotopic (exact) mass is 331 g/mol. The van der Waals surface area contributed by atoms with Crippen LogP contribution in [0.1, 0.15) is 43.5 Å². The number of aryl methyl sites for hydroxylation is 2. The molecular weight excluding hydrogens is 310 g/mol. The second kappa shape index (κ2) is 6.94. The van der Waals surface area contributed by atoms with Crippen LogP contribution in [0.15, 0.2) is 46.9 Å². The van der Waals surface area contributed by atoms with Gasteiger partial charge in [0.2, 0.25) is 0 Å². The van der Waals surface area contributed by atoms with Crippen molar-refractivity contribution < 1.29 is 0 Å².